The second-order valence-electron chi connectivity index (χ2n) is 7.31. The number of phenols is 1. The Labute approximate surface area is 200 Å². The van der Waals surface area contributed by atoms with Gasteiger partial charge in [-0.25, -0.2) is 0 Å². The van der Waals surface area contributed by atoms with Crippen LogP contribution < -0.4 is 24.3 Å². The van der Waals surface area contributed by atoms with Crippen molar-refractivity contribution in [3.05, 3.63) is 71.8 Å². The zero-order valence-electron chi connectivity index (χ0n) is 20.2. The Morgan fingerprint density at radius 1 is 0.794 bits per heavy atom. The van der Waals surface area contributed by atoms with Gasteiger partial charge in [0.15, 0.2) is 0 Å². The molecule has 0 aliphatic carbocycles. The fourth-order valence-corrected chi connectivity index (χ4v) is 3.25. The monoisotopic (exact) mass is 468 g/mol. The molecule has 2 N–H and O–H groups in total. The molecule has 0 aliphatic heterocycles. The fourth-order valence-electron chi connectivity index (χ4n) is 3.25. The summed E-state index contributed by atoms with van der Waals surface area (Å²) in [6.45, 7) is 1.31. The van der Waals surface area contributed by atoms with E-state index in [1.54, 1.807) is 46.6 Å². The predicted octanol–water partition coefficient (Wildman–Crippen LogP) is 4.31. The number of benzene rings is 3. The molecular weight excluding hydrogens is 436 g/mol. The van der Waals surface area contributed by atoms with Crippen molar-refractivity contribution in [2.45, 2.75) is 13.1 Å². The van der Waals surface area contributed by atoms with E-state index in [1.807, 2.05) is 49.5 Å². The van der Waals surface area contributed by atoms with E-state index in [2.05, 4.69) is 10.2 Å². The SMILES string of the molecule is COc1ccc(CN(C)Cc2ccc(OC)cc2OC)c(O)c1.COc1ccccc1NC=O. The maximum absolute atomic E-state index is 10.1. The topological polar surface area (TPSA) is 89.5 Å². The van der Waals surface area contributed by atoms with Crippen molar-refractivity contribution in [1.82, 2.24) is 4.90 Å². The molecule has 182 valence electrons. The molecular formula is C26H32N2O6. The number of aromatic hydroxyl groups is 1. The van der Waals surface area contributed by atoms with Crippen molar-refractivity contribution in [1.29, 1.82) is 0 Å². The van der Waals surface area contributed by atoms with Crippen LogP contribution in [-0.4, -0.2) is 51.9 Å². The molecule has 3 aromatic rings. The Morgan fingerprint density at radius 2 is 1.38 bits per heavy atom. The largest absolute Gasteiger partial charge is 0.507 e. The van der Waals surface area contributed by atoms with Crippen LogP contribution in [0.5, 0.6) is 28.7 Å². The summed E-state index contributed by atoms with van der Waals surface area (Å²) in [5, 5.41) is 12.6. The third-order valence-corrected chi connectivity index (χ3v) is 4.99. The van der Waals surface area contributed by atoms with Gasteiger partial charge in [0.25, 0.3) is 0 Å². The number of para-hydroxylation sites is 2. The van der Waals surface area contributed by atoms with Gasteiger partial charge in [0, 0.05) is 36.3 Å². The first-order chi connectivity index (χ1) is 16.4. The van der Waals surface area contributed by atoms with Gasteiger partial charge in [-0.15, -0.1) is 0 Å². The van der Waals surface area contributed by atoms with Crippen molar-refractivity contribution in [3.8, 4) is 28.7 Å². The number of carbonyl (C=O) groups excluding carboxylic acids is 1. The van der Waals surface area contributed by atoms with E-state index in [-0.39, 0.29) is 5.75 Å². The van der Waals surface area contributed by atoms with E-state index < -0.39 is 0 Å². The normalized spacial score (nSPS) is 10.1. The molecule has 0 bridgehead atoms. The predicted molar refractivity (Wildman–Crippen MR) is 132 cm³/mol. The maximum Gasteiger partial charge on any atom is 0.211 e. The van der Waals surface area contributed by atoms with Crippen LogP contribution in [0, 0.1) is 0 Å². The molecule has 0 heterocycles. The summed E-state index contributed by atoms with van der Waals surface area (Å²) in [6.07, 6.45) is 0.623. The van der Waals surface area contributed by atoms with Crippen LogP contribution in [0.25, 0.3) is 0 Å². The minimum absolute atomic E-state index is 0.234. The quantitative estimate of drug-likeness (QED) is 0.429. The van der Waals surface area contributed by atoms with E-state index in [0.29, 0.717) is 36.7 Å². The summed E-state index contributed by atoms with van der Waals surface area (Å²) in [5.41, 5.74) is 2.59. The number of hydrogen-bond acceptors (Lipinski definition) is 7. The van der Waals surface area contributed by atoms with Gasteiger partial charge in [-0.2, -0.15) is 0 Å². The van der Waals surface area contributed by atoms with Crippen molar-refractivity contribution < 1.29 is 28.8 Å². The van der Waals surface area contributed by atoms with Crippen molar-refractivity contribution in [2.24, 2.45) is 0 Å². The number of amides is 1. The van der Waals surface area contributed by atoms with Gasteiger partial charge in [-0.05, 0) is 31.3 Å². The average Bonchev–Trinajstić information content (AvgIpc) is 2.86. The summed E-state index contributed by atoms with van der Waals surface area (Å²) in [4.78, 5) is 12.2. The molecule has 3 aromatic carbocycles. The Hall–Kier alpha value is -3.91. The highest BCUT2D eigenvalue weighted by atomic mass is 16.5. The molecule has 0 spiro atoms. The molecule has 1 amide bonds. The first kappa shape index (κ1) is 26.3. The van der Waals surface area contributed by atoms with Gasteiger partial charge in [0.05, 0.1) is 34.1 Å². The average molecular weight is 469 g/mol. The number of ether oxygens (including phenoxy) is 4. The highest BCUT2D eigenvalue weighted by Crippen LogP contribution is 2.28. The lowest BCUT2D eigenvalue weighted by molar-refractivity contribution is -0.105. The molecule has 3 rings (SSSR count). The lowest BCUT2D eigenvalue weighted by Gasteiger charge is -2.19. The molecule has 0 unspecified atom stereocenters. The summed E-state index contributed by atoms with van der Waals surface area (Å²) in [5.74, 6) is 3.10. The van der Waals surface area contributed by atoms with Gasteiger partial charge in [-0.1, -0.05) is 24.3 Å². The number of phenolic OH excluding ortho intramolecular Hbond substituents is 1. The zero-order valence-corrected chi connectivity index (χ0v) is 20.2. The van der Waals surface area contributed by atoms with Crippen molar-refractivity contribution >= 4 is 12.1 Å². The van der Waals surface area contributed by atoms with Gasteiger partial charge in [0.1, 0.15) is 28.7 Å². The van der Waals surface area contributed by atoms with E-state index in [4.69, 9.17) is 18.9 Å². The van der Waals surface area contributed by atoms with Gasteiger partial charge < -0.3 is 29.4 Å². The molecule has 8 nitrogen and oxygen atoms in total. The first-order valence-corrected chi connectivity index (χ1v) is 10.5. The second kappa shape index (κ2) is 13.6. The van der Waals surface area contributed by atoms with Crippen LogP contribution in [0.2, 0.25) is 0 Å². The van der Waals surface area contributed by atoms with E-state index in [1.165, 1.54) is 0 Å². The Balaban J connectivity index is 0.000000310. The minimum atomic E-state index is 0.234. The van der Waals surface area contributed by atoms with Gasteiger partial charge in [-0.3, -0.25) is 9.69 Å². The number of rotatable bonds is 10. The van der Waals surface area contributed by atoms with Gasteiger partial charge >= 0.3 is 0 Å². The lowest BCUT2D eigenvalue weighted by Crippen LogP contribution is -2.17. The first-order valence-electron chi connectivity index (χ1n) is 10.5. The molecule has 34 heavy (non-hydrogen) atoms. The number of carbonyl (C=O) groups is 1. The highest BCUT2D eigenvalue weighted by molar-refractivity contribution is 5.75. The number of methoxy groups -OCH3 is 4. The third-order valence-electron chi connectivity index (χ3n) is 4.99. The molecule has 0 aromatic heterocycles. The molecule has 0 atom stereocenters. The Bertz CT molecular complexity index is 1060. The van der Waals surface area contributed by atoms with Crippen molar-refractivity contribution in [2.75, 3.05) is 40.8 Å². The standard InChI is InChI=1S/C18H23NO4.C8H9NO2/c1-19(11-13-5-7-15(21-2)9-17(13)20)12-14-6-8-16(22-3)10-18(14)23-4;1-11-8-5-3-2-4-7(8)9-6-10/h5-10,20H,11-12H2,1-4H3;2-6H,1H3,(H,9,10). The Morgan fingerprint density at radius 3 is 1.97 bits per heavy atom. The summed E-state index contributed by atoms with van der Waals surface area (Å²) >= 11 is 0. The number of anilines is 1. The van der Waals surface area contributed by atoms with Crippen LogP contribution in [0.1, 0.15) is 11.1 Å². The van der Waals surface area contributed by atoms with Crippen molar-refractivity contribution in [3.63, 3.8) is 0 Å². The van der Waals surface area contributed by atoms with Crippen LogP contribution in [-0.2, 0) is 17.9 Å². The summed E-state index contributed by atoms with van der Waals surface area (Å²) < 4.78 is 20.7. The Kier molecular flexibility index (Phi) is 10.5. The van der Waals surface area contributed by atoms with Crippen LogP contribution in [0.3, 0.4) is 0 Å². The smallest absolute Gasteiger partial charge is 0.211 e. The lowest BCUT2D eigenvalue weighted by atomic mass is 10.1. The maximum atomic E-state index is 10.1. The van der Waals surface area contributed by atoms with Crippen LogP contribution in [0.15, 0.2) is 60.7 Å². The zero-order chi connectivity index (χ0) is 24.9. The molecule has 8 heteroatoms. The van der Waals surface area contributed by atoms with E-state index in [9.17, 15) is 9.90 Å². The summed E-state index contributed by atoms with van der Waals surface area (Å²) in [7, 11) is 8.41. The molecule has 0 aliphatic rings. The van der Waals surface area contributed by atoms with E-state index >= 15 is 0 Å². The molecule has 0 saturated carbocycles. The minimum Gasteiger partial charge on any atom is -0.507 e. The third kappa shape index (κ3) is 7.60. The van der Waals surface area contributed by atoms with E-state index in [0.717, 1.165) is 22.6 Å². The summed E-state index contributed by atoms with van der Waals surface area (Å²) in [6, 6.07) is 18.3. The number of nitrogens with zero attached hydrogens (tertiary/aromatic N) is 1. The molecule has 0 radical (unpaired) electrons. The van der Waals surface area contributed by atoms with Crippen LogP contribution >= 0.6 is 0 Å². The highest BCUT2D eigenvalue weighted by Gasteiger charge is 2.11. The van der Waals surface area contributed by atoms with Crippen LogP contribution in [0.4, 0.5) is 5.69 Å². The fraction of sp³-hybridized carbons (Fsp3) is 0.269. The molecule has 0 fully saturated rings. The second-order valence-corrected chi connectivity index (χ2v) is 7.31. The molecule has 0 saturated heterocycles. The number of hydrogen-bond donors (Lipinski definition) is 2. The number of nitrogens with one attached hydrogen (secondary N) is 1. The van der Waals surface area contributed by atoms with Gasteiger partial charge in [0.2, 0.25) is 6.41 Å².